The molecule has 28 heavy (non-hydrogen) atoms. The van der Waals surface area contributed by atoms with Crippen LogP contribution in [-0.2, 0) is 0 Å². The molecule has 0 radical (unpaired) electrons. The lowest BCUT2D eigenvalue weighted by Crippen LogP contribution is -2.34. The van der Waals surface area contributed by atoms with Crippen molar-refractivity contribution >= 4 is 5.91 Å². The van der Waals surface area contributed by atoms with Crippen molar-refractivity contribution in [2.45, 2.75) is 13.0 Å². The molecular weight excluding hydrogens is 354 g/mol. The van der Waals surface area contributed by atoms with Gasteiger partial charge in [0.1, 0.15) is 5.75 Å². The maximum absolute atomic E-state index is 12.5. The fourth-order valence-electron chi connectivity index (χ4n) is 2.95. The van der Waals surface area contributed by atoms with Crippen molar-refractivity contribution < 1.29 is 14.1 Å². The van der Waals surface area contributed by atoms with Gasteiger partial charge in [0, 0.05) is 18.2 Å². The van der Waals surface area contributed by atoms with Gasteiger partial charge in [0.05, 0.1) is 12.6 Å². The molecule has 1 heterocycles. The third kappa shape index (κ3) is 4.78. The van der Waals surface area contributed by atoms with E-state index in [1.807, 2.05) is 75.6 Å². The van der Waals surface area contributed by atoms with Crippen molar-refractivity contribution in [1.82, 2.24) is 15.4 Å². The highest BCUT2D eigenvalue weighted by Gasteiger charge is 2.18. The zero-order valence-corrected chi connectivity index (χ0v) is 16.4. The first-order chi connectivity index (χ1) is 13.6. The number of hydrogen-bond acceptors (Lipinski definition) is 5. The van der Waals surface area contributed by atoms with Gasteiger partial charge in [0.25, 0.3) is 5.91 Å². The zero-order chi connectivity index (χ0) is 19.9. The number of rotatable bonds is 8. The average molecular weight is 379 g/mol. The molecule has 6 heteroatoms. The van der Waals surface area contributed by atoms with E-state index < -0.39 is 0 Å². The van der Waals surface area contributed by atoms with Crippen LogP contribution in [0.5, 0.6) is 5.75 Å². The fraction of sp³-hybridized carbons (Fsp3) is 0.273. The van der Waals surface area contributed by atoms with E-state index in [2.05, 4.69) is 15.4 Å². The van der Waals surface area contributed by atoms with Crippen LogP contribution in [0.15, 0.2) is 65.2 Å². The SMILES string of the molecule is CCOc1ccc([C@H](CNC(=O)c2cc(-c3ccccc3)on2)N(C)C)cc1. The first kappa shape index (κ1) is 19.6. The Morgan fingerprint density at radius 2 is 1.86 bits per heavy atom. The van der Waals surface area contributed by atoms with E-state index in [0.717, 1.165) is 16.9 Å². The summed E-state index contributed by atoms with van der Waals surface area (Å²) in [6.45, 7) is 3.04. The molecule has 2 aromatic carbocycles. The number of nitrogens with zero attached hydrogens (tertiary/aromatic N) is 2. The largest absolute Gasteiger partial charge is 0.494 e. The van der Waals surface area contributed by atoms with Crippen LogP contribution in [0, 0.1) is 0 Å². The zero-order valence-electron chi connectivity index (χ0n) is 16.4. The summed E-state index contributed by atoms with van der Waals surface area (Å²) >= 11 is 0. The second kappa shape index (κ2) is 9.19. The van der Waals surface area contributed by atoms with Gasteiger partial charge in [0.2, 0.25) is 0 Å². The third-order valence-corrected chi connectivity index (χ3v) is 4.46. The molecule has 0 saturated heterocycles. The highest BCUT2D eigenvalue weighted by Crippen LogP contribution is 2.22. The first-order valence-electron chi connectivity index (χ1n) is 9.28. The van der Waals surface area contributed by atoms with E-state index in [-0.39, 0.29) is 17.6 Å². The van der Waals surface area contributed by atoms with Gasteiger partial charge >= 0.3 is 0 Å². The summed E-state index contributed by atoms with van der Waals surface area (Å²) in [5, 5.41) is 6.85. The van der Waals surface area contributed by atoms with Crippen molar-refractivity contribution in [3.8, 4) is 17.1 Å². The monoisotopic (exact) mass is 379 g/mol. The Hall–Kier alpha value is -3.12. The Labute approximate surface area is 165 Å². The number of amides is 1. The quantitative estimate of drug-likeness (QED) is 0.645. The summed E-state index contributed by atoms with van der Waals surface area (Å²) in [5.41, 5.74) is 2.25. The topological polar surface area (TPSA) is 67.6 Å². The highest BCUT2D eigenvalue weighted by molar-refractivity contribution is 5.93. The van der Waals surface area contributed by atoms with Gasteiger partial charge in [-0.1, -0.05) is 47.6 Å². The predicted octanol–water partition coefficient (Wildman–Crippen LogP) is 3.77. The number of benzene rings is 2. The maximum Gasteiger partial charge on any atom is 0.273 e. The van der Waals surface area contributed by atoms with Crippen LogP contribution in [0.3, 0.4) is 0 Å². The predicted molar refractivity (Wildman–Crippen MR) is 108 cm³/mol. The Kier molecular flexibility index (Phi) is 6.45. The van der Waals surface area contributed by atoms with Crippen molar-refractivity contribution in [1.29, 1.82) is 0 Å². The molecule has 6 nitrogen and oxygen atoms in total. The standard InChI is InChI=1S/C22H25N3O3/c1-4-27-18-12-10-16(11-13-18)20(25(2)3)15-23-22(26)19-14-21(28-24-19)17-8-6-5-7-9-17/h5-14,20H,4,15H2,1-3H3,(H,23,26)/t20-/m0/s1. The molecule has 0 aliphatic rings. The number of carbonyl (C=O) groups excluding carboxylic acids is 1. The minimum absolute atomic E-state index is 0.0279. The lowest BCUT2D eigenvalue weighted by atomic mass is 10.1. The van der Waals surface area contributed by atoms with Gasteiger partial charge in [-0.15, -0.1) is 0 Å². The second-order valence-electron chi connectivity index (χ2n) is 6.63. The molecule has 1 amide bonds. The normalized spacial score (nSPS) is 12.0. The number of nitrogens with one attached hydrogen (secondary N) is 1. The minimum atomic E-state index is -0.260. The molecule has 1 N–H and O–H groups in total. The maximum atomic E-state index is 12.5. The molecule has 3 aromatic rings. The Morgan fingerprint density at radius 3 is 2.50 bits per heavy atom. The molecular formula is C22H25N3O3. The summed E-state index contributed by atoms with van der Waals surface area (Å²) in [5.74, 6) is 1.15. The molecule has 0 fully saturated rings. The lowest BCUT2D eigenvalue weighted by molar-refractivity contribution is 0.0933. The minimum Gasteiger partial charge on any atom is -0.494 e. The molecule has 1 aromatic heterocycles. The van der Waals surface area contributed by atoms with Crippen molar-refractivity contribution in [3.05, 3.63) is 71.9 Å². The summed E-state index contributed by atoms with van der Waals surface area (Å²) in [6.07, 6.45) is 0. The third-order valence-electron chi connectivity index (χ3n) is 4.46. The molecule has 0 spiro atoms. The molecule has 0 unspecified atom stereocenters. The highest BCUT2D eigenvalue weighted by atomic mass is 16.5. The molecule has 3 rings (SSSR count). The number of hydrogen-bond donors (Lipinski definition) is 1. The average Bonchev–Trinajstić information content (AvgIpc) is 3.20. The second-order valence-corrected chi connectivity index (χ2v) is 6.63. The number of ether oxygens (including phenoxy) is 1. The van der Waals surface area contributed by atoms with E-state index >= 15 is 0 Å². The van der Waals surface area contributed by atoms with Crippen LogP contribution < -0.4 is 10.1 Å². The van der Waals surface area contributed by atoms with Crippen LogP contribution in [0.2, 0.25) is 0 Å². The lowest BCUT2D eigenvalue weighted by Gasteiger charge is -2.25. The summed E-state index contributed by atoms with van der Waals surface area (Å²) < 4.78 is 10.8. The number of likely N-dealkylation sites (N-methyl/N-ethyl adjacent to an activating group) is 1. The van der Waals surface area contributed by atoms with Crippen molar-refractivity contribution in [2.75, 3.05) is 27.2 Å². The van der Waals surface area contributed by atoms with E-state index in [4.69, 9.17) is 9.26 Å². The van der Waals surface area contributed by atoms with Crippen LogP contribution in [0.1, 0.15) is 29.0 Å². The van der Waals surface area contributed by atoms with Crippen molar-refractivity contribution in [2.24, 2.45) is 0 Å². The molecule has 0 bridgehead atoms. The van der Waals surface area contributed by atoms with Crippen LogP contribution in [-0.4, -0.2) is 43.2 Å². The van der Waals surface area contributed by atoms with Crippen molar-refractivity contribution in [3.63, 3.8) is 0 Å². The molecule has 0 aliphatic heterocycles. The first-order valence-corrected chi connectivity index (χ1v) is 9.28. The molecule has 0 aliphatic carbocycles. The van der Waals surface area contributed by atoms with E-state index in [0.29, 0.717) is 18.9 Å². The van der Waals surface area contributed by atoms with Crippen LogP contribution >= 0.6 is 0 Å². The van der Waals surface area contributed by atoms with Gasteiger partial charge in [0.15, 0.2) is 11.5 Å². The number of aromatic nitrogens is 1. The molecule has 0 saturated carbocycles. The van der Waals surface area contributed by atoms with E-state index in [1.165, 1.54) is 0 Å². The fourth-order valence-corrected chi connectivity index (χ4v) is 2.95. The van der Waals surface area contributed by atoms with E-state index in [9.17, 15) is 4.79 Å². The van der Waals surface area contributed by atoms with E-state index in [1.54, 1.807) is 6.07 Å². The summed E-state index contributed by atoms with van der Waals surface area (Å²) in [4.78, 5) is 14.6. The Bertz CT molecular complexity index is 889. The summed E-state index contributed by atoms with van der Waals surface area (Å²) in [7, 11) is 3.97. The Morgan fingerprint density at radius 1 is 1.14 bits per heavy atom. The molecule has 146 valence electrons. The Balaban J connectivity index is 1.65. The van der Waals surface area contributed by atoms with Gasteiger partial charge in [-0.25, -0.2) is 0 Å². The smallest absolute Gasteiger partial charge is 0.273 e. The van der Waals surface area contributed by atoms with Gasteiger partial charge in [-0.2, -0.15) is 0 Å². The van der Waals surface area contributed by atoms with Gasteiger partial charge < -0.3 is 19.5 Å². The number of carbonyl (C=O) groups is 1. The van der Waals surface area contributed by atoms with Crippen LogP contribution in [0.25, 0.3) is 11.3 Å². The van der Waals surface area contributed by atoms with Gasteiger partial charge in [-0.05, 0) is 38.7 Å². The van der Waals surface area contributed by atoms with Crippen LogP contribution in [0.4, 0.5) is 0 Å². The summed E-state index contributed by atoms with van der Waals surface area (Å²) in [6, 6.07) is 19.2. The van der Waals surface area contributed by atoms with Gasteiger partial charge in [-0.3, -0.25) is 4.79 Å². The molecule has 1 atom stereocenters.